The molecule has 3 unspecified atom stereocenters. The van der Waals surface area contributed by atoms with Crippen molar-refractivity contribution in [3.63, 3.8) is 0 Å². The van der Waals surface area contributed by atoms with E-state index in [1.807, 2.05) is 38.1 Å². The fourth-order valence-electron chi connectivity index (χ4n) is 2.90. The minimum Gasteiger partial charge on any atom is -0.326 e. The summed E-state index contributed by atoms with van der Waals surface area (Å²) in [7, 11) is -2.91. The van der Waals surface area contributed by atoms with Gasteiger partial charge in [0.15, 0.2) is 9.84 Å². The van der Waals surface area contributed by atoms with Gasteiger partial charge < -0.3 is 5.73 Å². The van der Waals surface area contributed by atoms with Gasteiger partial charge in [0.1, 0.15) is 0 Å². The maximum Gasteiger partial charge on any atom is 0.153 e. The van der Waals surface area contributed by atoms with Crippen LogP contribution in [0.5, 0.6) is 0 Å². The first kappa shape index (κ1) is 15.9. The average Bonchev–Trinajstić information content (AvgIpc) is 2.33. The number of benzene rings is 1. The Hall–Kier alpha value is -0.430. The number of sulfone groups is 1. The predicted molar refractivity (Wildman–Crippen MR) is 85.4 cm³/mol. The van der Waals surface area contributed by atoms with E-state index in [-0.39, 0.29) is 29.6 Å². The van der Waals surface area contributed by atoms with Gasteiger partial charge in [-0.3, -0.25) is 4.90 Å². The van der Waals surface area contributed by atoms with Crippen molar-refractivity contribution in [1.82, 2.24) is 4.90 Å². The van der Waals surface area contributed by atoms with Gasteiger partial charge in [-0.15, -0.1) is 0 Å². The molecular weight excluding hydrogens is 340 g/mol. The van der Waals surface area contributed by atoms with Crippen LogP contribution in [0.1, 0.15) is 25.5 Å². The Kier molecular flexibility index (Phi) is 4.89. The number of halogens is 1. The molecule has 1 aromatic rings. The highest BCUT2D eigenvalue weighted by atomic mass is 79.9. The number of hydrogen-bond acceptors (Lipinski definition) is 4. The summed E-state index contributed by atoms with van der Waals surface area (Å²) in [5, 5.41) is 0. The summed E-state index contributed by atoms with van der Waals surface area (Å²) < 4.78 is 24.5. The Morgan fingerprint density at radius 2 is 2.05 bits per heavy atom. The number of hydrogen-bond donors (Lipinski definition) is 1. The van der Waals surface area contributed by atoms with Crippen LogP contribution in [0.2, 0.25) is 0 Å². The summed E-state index contributed by atoms with van der Waals surface area (Å²) in [6.07, 6.45) is 0. The third-order valence-electron chi connectivity index (χ3n) is 3.80. The molecule has 0 amide bonds. The van der Waals surface area contributed by atoms with Crippen molar-refractivity contribution >= 4 is 25.8 Å². The zero-order valence-electron chi connectivity index (χ0n) is 11.8. The highest BCUT2D eigenvalue weighted by Crippen LogP contribution is 2.32. The molecule has 1 aromatic carbocycles. The van der Waals surface area contributed by atoms with E-state index in [2.05, 4.69) is 20.8 Å². The summed E-state index contributed by atoms with van der Waals surface area (Å²) in [4.78, 5) is 2.21. The van der Waals surface area contributed by atoms with Crippen LogP contribution >= 0.6 is 15.9 Å². The Labute approximate surface area is 129 Å². The molecule has 0 saturated carbocycles. The SMILES string of the molecule is CC(N)C(c1ccccc1Br)N1CCS(=O)(=O)CC1C. The maximum atomic E-state index is 11.7. The van der Waals surface area contributed by atoms with E-state index >= 15 is 0 Å². The lowest BCUT2D eigenvalue weighted by Crippen LogP contribution is -2.52. The Bertz CT molecular complexity index is 574. The topological polar surface area (TPSA) is 63.4 Å². The summed E-state index contributed by atoms with van der Waals surface area (Å²) in [5.41, 5.74) is 7.31. The summed E-state index contributed by atoms with van der Waals surface area (Å²) in [6, 6.07) is 7.94. The van der Waals surface area contributed by atoms with Crippen LogP contribution in [0, 0.1) is 0 Å². The van der Waals surface area contributed by atoms with Crippen molar-refractivity contribution in [3.05, 3.63) is 34.3 Å². The molecule has 20 heavy (non-hydrogen) atoms. The molecule has 0 spiro atoms. The third kappa shape index (κ3) is 3.42. The van der Waals surface area contributed by atoms with Crippen molar-refractivity contribution in [2.45, 2.75) is 32.0 Å². The van der Waals surface area contributed by atoms with Crippen molar-refractivity contribution < 1.29 is 8.42 Å². The molecular formula is C14H21BrN2O2S. The molecule has 0 aliphatic carbocycles. The van der Waals surface area contributed by atoms with Gasteiger partial charge >= 0.3 is 0 Å². The van der Waals surface area contributed by atoms with Crippen molar-refractivity contribution in [1.29, 1.82) is 0 Å². The molecule has 6 heteroatoms. The maximum absolute atomic E-state index is 11.7. The standard InChI is InChI=1S/C14H21BrN2O2S/c1-10-9-20(18,19)8-7-17(10)14(11(2)16)12-5-3-4-6-13(12)15/h3-6,10-11,14H,7-9,16H2,1-2H3. The minimum absolute atomic E-state index is 0.0168. The molecule has 3 atom stereocenters. The number of rotatable bonds is 3. The Morgan fingerprint density at radius 3 is 2.60 bits per heavy atom. The largest absolute Gasteiger partial charge is 0.326 e. The molecule has 2 rings (SSSR count). The van der Waals surface area contributed by atoms with Crippen LogP contribution in [-0.2, 0) is 9.84 Å². The molecule has 112 valence electrons. The molecule has 1 saturated heterocycles. The van der Waals surface area contributed by atoms with Crippen LogP contribution in [-0.4, -0.2) is 43.5 Å². The van der Waals surface area contributed by atoms with Gasteiger partial charge in [0.05, 0.1) is 17.5 Å². The average molecular weight is 361 g/mol. The fourth-order valence-corrected chi connectivity index (χ4v) is 5.01. The third-order valence-corrected chi connectivity index (χ3v) is 6.32. The summed E-state index contributed by atoms with van der Waals surface area (Å²) >= 11 is 3.57. The van der Waals surface area contributed by atoms with E-state index in [4.69, 9.17) is 5.73 Å². The summed E-state index contributed by atoms with van der Waals surface area (Å²) in [6.45, 7) is 4.47. The van der Waals surface area contributed by atoms with Gasteiger partial charge in [0, 0.05) is 23.1 Å². The monoisotopic (exact) mass is 360 g/mol. The van der Waals surface area contributed by atoms with Gasteiger partial charge in [-0.05, 0) is 25.5 Å². The van der Waals surface area contributed by atoms with E-state index in [1.54, 1.807) is 0 Å². The molecule has 1 fully saturated rings. The van der Waals surface area contributed by atoms with Gasteiger partial charge in [-0.1, -0.05) is 34.1 Å². The molecule has 0 radical (unpaired) electrons. The zero-order valence-corrected chi connectivity index (χ0v) is 14.2. The second kappa shape index (κ2) is 6.13. The van der Waals surface area contributed by atoms with E-state index in [1.165, 1.54) is 0 Å². The molecule has 0 bridgehead atoms. The molecule has 4 nitrogen and oxygen atoms in total. The predicted octanol–water partition coefficient (Wildman–Crippen LogP) is 1.96. The highest BCUT2D eigenvalue weighted by molar-refractivity contribution is 9.10. The lowest BCUT2D eigenvalue weighted by Gasteiger charge is -2.41. The smallest absolute Gasteiger partial charge is 0.153 e. The number of nitrogens with two attached hydrogens (primary N) is 1. The first-order valence-corrected chi connectivity index (χ1v) is 9.39. The molecule has 2 N–H and O–H groups in total. The molecule has 1 aliphatic rings. The quantitative estimate of drug-likeness (QED) is 0.894. The van der Waals surface area contributed by atoms with Crippen molar-refractivity contribution in [3.8, 4) is 0 Å². The second-order valence-corrected chi connectivity index (χ2v) is 8.61. The molecule has 1 heterocycles. The van der Waals surface area contributed by atoms with E-state index < -0.39 is 9.84 Å². The van der Waals surface area contributed by atoms with Crippen molar-refractivity contribution in [2.24, 2.45) is 5.73 Å². The lowest BCUT2D eigenvalue weighted by molar-refractivity contribution is 0.139. The van der Waals surface area contributed by atoms with Crippen LogP contribution < -0.4 is 5.73 Å². The van der Waals surface area contributed by atoms with Gasteiger partial charge in [0.2, 0.25) is 0 Å². The van der Waals surface area contributed by atoms with E-state index in [9.17, 15) is 8.42 Å². The highest BCUT2D eigenvalue weighted by Gasteiger charge is 2.35. The van der Waals surface area contributed by atoms with Gasteiger partial charge in [-0.2, -0.15) is 0 Å². The van der Waals surface area contributed by atoms with Crippen molar-refractivity contribution in [2.75, 3.05) is 18.1 Å². The molecule has 1 aliphatic heterocycles. The number of nitrogens with zero attached hydrogens (tertiary/aromatic N) is 1. The lowest BCUT2D eigenvalue weighted by atomic mass is 9.98. The Balaban J connectivity index is 2.33. The van der Waals surface area contributed by atoms with Crippen LogP contribution in [0.3, 0.4) is 0 Å². The first-order chi connectivity index (χ1) is 9.32. The van der Waals surface area contributed by atoms with Crippen LogP contribution in [0.15, 0.2) is 28.7 Å². The van der Waals surface area contributed by atoms with Gasteiger partial charge in [-0.25, -0.2) is 8.42 Å². The van der Waals surface area contributed by atoms with Gasteiger partial charge in [0.25, 0.3) is 0 Å². The Morgan fingerprint density at radius 1 is 1.40 bits per heavy atom. The normalized spacial score (nSPS) is 26.1. The minimum atomic E-state index is -2.91. The zero-order chi connectivity index (χ0) is 14.9. The fraction of sp³-hybridized carbons (Fsp3) is 0.571. The second-order valence-electron chi connectivity index (χ2n) is 5.53. The van der Waals surface area contributed by atoms with E-state index in [0.717, 1.165) is 10.0 Å². The van der Waals surface area contributed by atoms with Crippen LogP contribution in [0.4, 0.5) is 0 Å². The molecule has 0 aromatic heterocycles. The summed E-state index contributed by atoms with van der Waals surface area (Å²) in [5.74, 6) is 0.422. The first-order valence-electron chi connectivity index (χ1n) is 6.78. The van der Waals surface area contributed by atoms with Crippen LogP contribution in [0.25, 0.3) is 0 Å². The van der Waals surface area contributed by atoms with E-state index in [0.29, 0.717) is 6.54 Å².